The summed E-state index contributed by atoms with van der Waals surface area (Å²) in [5.74, 6) is -8.87. The molecule has 71 heavy (non-hydrogen) atoms. The van der Waals surface area contributed by atoms with Crippen LogP contribution in [-0.4, -0.2) is 153 Å². The summed E-state index contributed by atoms with van der Waals surface area (Å²) in [7, 11) is 1.38. The summed E-state index contributed by atoms with van der Waals surface area (Å²) in [4.78, 5) is 143. The molecular weight excluding hydrogens is 946 g/mol. The number of aliphatic hydroxyl groups excluding tert-OH is 1. The highest BCUT2D eigenvalue weighted by atomic mass is 35.5. The van der Waals surface area contributed by atoms with Crippen LogP contribution >= 0.6 is 11.9 Å². The van der Waals surface area contributed by atoms with Gasteiger partial charge in [-0.05, 0) is 87.3 Å². The van der Waals surface area contributed by atoms with Crippen molar-refractivity contribution in [2.75, 3.05) is 13.6 Å². The molecular formula is C48H72ClN9O13. The molecule has 9 amide bonds. The number of ether oxygens (including phenoxy) is 1. The first kappa shape index (κ1) is 57.5. The van der Waals surface area contributed by atoms with Crippen molar-refractivity contribution in [3.63, 3.8) is 0 Å². The van der Waals surface area contributed by atoms with Gasteiger partial charge in [0.1, 0.15) is 78.3 Å². The summed E-state index contributed by atoms with van der Waals surface area (Å²) in [5, 5.41) is 24.6. The van der Waals surface area contributed by atoms with Crippen LogP contribution in [0.2, 0.25) is 0 Å². The number of esters is 1. The number of amides is 9. The summed E-state index contributed by atoms with van der Waals surface area (Å²) in [6.07, 6.45) is -3.08. The third kappa shape index (κ3) is 15.5. The van der Waals surface area contributed by atoms with Gasteiger partial charge in [0.15, 0.2) is 0 Å². The topological polar surface area (TPSA) is 305 Å². The van der Waals surface area contributed by atoms with Crippen molar-refractivity contribution in [1.82, 2.24) is 41.3 Å². The number of carbonyl (C=O) groups is 10. The Morgan fingerprint density at radius 3 is 2.10 bits per heavy atom. The standard InChI is InChI=1S/C48H72ClN9O13/c1-24(2)21-33-48(69)70-27(7)40(55-41(62)31(16-18-37(50)60)51-42(63)34-11-10-20-57(34)28(8)59)45(66)54-39(26(5)6)44(65)52-32-17-19-38(61)58(46(32)67)36(22-25(3)4)47(68)56(9)35(43(64)53-33)23-29-12-14-30(71-49)15-13-29/h12-15,24-27,31-36,38-40,61H,10-11,16-23H2,1-9H3,(H2,50,60)(H,51,63)(H,52,65)(H,53,64)(H,54,66)(H,55,62). The lowest BCUT2D eigenvalue weighted by Gasteiger charge is -2.43. The smallest absolute Gasteiger partial charge is 0.328 e. The van der Waals surface area contributed by atoms with Crippen LogP contribution in [-0.2, 0) is 59.1 Å². The number of likely N-dealkylation sites (N-methyl/N-ethyl adjacent to an activating group) is 1. The number of fused-ring (bicyclic) bond motifs is 2. The Morgan fingerprint density at radius 2 is 1.52 bits per heavy atom. The van der Waals surface area contributed by atoms with Crippen LogP contribution in [0.15, 0.2) is 24.3 Å². The molecule has 2 bridgehead atoms. The maximum atomic E-state index is 14.9. The van der Waals surface area contributed by atoms with Gasteiger partial charge in [-0.3, -0.25) is 43.2 Å². The lowest BCUT2D eigenvalue weighted by atomic mass is 9.94. The number of hydrogen-bond acceptors (Lipinski definition) is 13. The zero-order valence-electron chi connectivity index (χ0n) is 42.0. The lowest BCUT2D eigenvalue weighted by Crippen LogP contribution is -2.65. The summed E-state index contributed by atoms with van der Waals surface area (Å²) in [6.45, 7) is 13.3. The van der Waals surface area contributed by atoms with Crippen LogP contribution in [0.25, 0.3) is 0 Å². The Kier molecular flexibility index (Phi) is 21.0. The number of piperidine rings is 1. The number of nitrogens with zero attached hydrogens (tertiary/aromatic N) is 3. The number of cyclic esters (lactones) is 1. The Hall–Kier alpha value is -6.03. The van der Waals surface area contributed by atoms with Gasteiger partial charge in [0.25, 0.3) is 0 Å². The van der Waals surface area contributed by atoms with Gasteiger partial charge in [-0.1, -0.05) is 53.7 Å². The Bertz CT molecular complexity index is 2120. The highest BCUT2D eigenvalue weighted by Crippen LogP contribution is 2.27. The number of nitrogens with one attached hydrogen (secondary N) is 5. The molecule has 10 unspecified atom stereocenters. The van der Waals surface area contributed by atoms with Crippen LogP contribution < -0.4 is 36.6 Å². The predicted molar refractivity (Wildman–Crippen MR) is 257 cm³/mol. The van der Waals surface area contributed by atoms with E-state index < -0.39 is 120 Å². The molecule has 0 aliphatic carbocycles. The molecule has 0 spiro atoms. The molecule has 0 radical (unpaired) electrons. The zero-order valence-corrected chi connectivity index (χ0v) is 42.8. The minimum absolute atomic E-state index is 0.00620. The molecule has 394 valence electrons. The maximum absolute atomic E-state index is 14.9. The van der Waals surface area contributed by atoms with E-state index in [9.17, 15) is 53.1 Å². The van der Waals surface area contributed by atoms with Crippen molar-refractivity contribution >= 4 is 71.0 Å². The van der Waals surface area contributed by atoms with E-state index in [4.69, 9.17) is 26.6 Å². The fraction of sp³-hybridized carbons (Fsp3) is 0.667. The molecule has 1 aromatic carbocycles. The minimum Gasteiger partial charge on any atom is -0.458 e. The SMILES string of the molecule is CC(=O)N1CCCC1C(=O)NC(CCC(N)=O)C(=O)NC1C(=O)NC(C(C)C)C(=O)NC2CCC(O)N(C2=O)C(CC(C)C)C(=O)N(C)C(Cc2ccc(OCl)cc2)C(=O)NC(CC(C)C)C(=O)OC1C. The van der Waals surface area contributed by atoms with Crippen molar-refractivity contribution in [1.29, 1.82) is 0 Å². The molecule has 0 saturated carbocycles. The van der Waals surface area contributed by atoms with Gasteiger partial charge in [-0.2, -0.15) is 0 Å². The van der Waals surface area contributed by atoms with Crippen LogP contribution in [0.3, 0.4) is 0 Å². The highest BCUT2D eigenvalue weighted by molar-refractivity contribution is 6.09. The van der Waals surface area contributed by atoms with Gasteiger partial charge >= 0.3 is 5.97 Å². The average molecular weight is 1020 g/mol. The number of rotatable bonds is 15. The second-order valence-electron chi connectivity index (χ2n) is 19.9. The first-order valence-electron chi connectivity index (χ1n) is 24.3. The van der Waals surface area contributed by atoms with Crippen molar-refractivity contribution < 1.29 is 62.1 Å². The van der Waals surface area contributed by atoms with Crippen LogP contribution in [0.4, 0.5) is 0 Å². The monoisotopic (exact) mass is 1020 g/mol. The maximum Gasteiger partial charge on any atom is 0.328 e. The van der Waals surface area contributed by atoms with Crippen molar-refractivity contribution in [3.05, 3.63) is 29.8 Å². The second-order valence-corrected chi connectivity index (χ2v) is 20.0. The number of primary amides is 1. The molecule has 4 rings (SSSR count). The first-order valence-corrected chi connectivity index (χ1v) is 24.6. The fourth-order valence-electron chi connectivity index (χ4n) is 9.09. The summed E-state index contributed by atoms with van der Waals surface area (Å²) in [6, 6.07) is -4.62. The molecule has 3 heterocycles. The number of likely N-dealkylation sites (tertiary alicyclic amines) is 1. The number of halogens is 1. The summed E-state index contributed by atoms with van der Waals surface area (Å²) < 4.78 is 10.7. The van der Waals surface area contributed by atoms with Gasteiger partial charge in [-0.25, -0.2) is 4.79 Å². The zero-order chi connectivity index (χ0) is 53.0. The van der Waals surface area contributed by atoms with Gasteiger partial charge in [0, 0.05) is 33.4 Å². The summed E-state index contributed by atoms with van der Waals surface area (Å²) >= 11 is 5.56. The van der Waals surface area contributed by atoms with Gasteiger partial charge in [-0.15, -0.1) is 0 Å². The van der Waals surface area contributed by atoms with E-state index in [1.54, 1.807) is 52.0 Å². The number of carbonyl (C=O) groups excluding carboxylic acids is 10. The Morgan fingerprint density at radius 1 is 0.873 bits per heavy atom. The molecule has 1 aromatic rings. The molecule has 3 saturated heterocycles. The first-order chi connectivity index (χ1) is 33.3. The van der Waals surface area contributed by atoms with E-state index in [2.05, 4.69) is 26.6 Å². The molecule has 0 aromatic heterocycles. The number of benzene rings is 1. The fourth-order valence-corrected chi connectivity index (χ4v) is 9.19. The number of nitrogens with two attached hydrogens (primary N) is 1. The molecule has 8 N–H and O–H groups in total. The molecule has 3 fully saturated rings. The van der Waals surface area contributed by atoms with Gasteiger partial charge < -0.3 is 61.2 Å². The minimum atomic E-state index is -1.80. The highest BCUT2D eigenvalue weighted by Gasteiger charge is 2.46. The van der Waals surface area contributed by atoms with E-state index in [-0.39, 0.29) is 62.7 Å². The predicted octanol–water partition coefficient (Wildman–Crippen LogP) is 0.292. The van der Waals surface area contributed by atoms with Crippen molar-refractivity contribution in [3.8, 4) is 5.75 Å². The quantitative estimate of drug-likeness (QED) is 0.117. The lowest BCUT2D eigenvalue weighted by molar-refractivity contribution is -0.166. The van der Waals surface area contributed by atoms with Crippen LogP contribution in [0.5, 0.6) is 5.75 Å². The van der Waals surface area contributed by atoms with E-state index in [0.29, 0.717) is 30.7 Å². The molecule has 3 aliphatic rings. The number of aliphatic hydroxyl groups is 1. The van der Waals surface area contributed by atoms with Crippen LogP contribution in [0, 0.1) is 17.8 Å². The van der Waals surface area contributed by atoms with E-state index in [1.165, 1.54) is 25.8 Å². The molecule has 22 nitrogen and oxygen atoms in total. The number of hydrogen-bond donors (Lipinski definition) is 7. The summed E-state index contributed by atoms with van der Waals surface area (Å²) in [5.41, 5.74) is 5.98. The average Bonchev–Trinajstić information content (AvgIpc) is 3.81. The Balaban J connectivity index is 1.84. The van der Waals surface area contributed by atoms with Crippen molar-refractivity contribution in [2.24, 2.45) is 23.5 Å². The van der Waals surface area contributed by atoms with Gasteiger partial charge in [0.05, 0.1) is 0 Å². The molecule has 3 aliphatic heterocycles. The van der Waals surface area contributed by atoms with Gasteiger partial charge in [0.2, 0.25) is 53.2 Å². The van der Waals surface area contributed by atoms with Crippen LogP contribution in [0.1, 0.15) is 112 Å². The molecule has 23 heteroatoms. The third-order valence-corrected chi connectivity index (χ3v) is 13.1. The third-order valence-electron chi connectivity index (χ3n) is 13.0. The second kappa shape index (κ2) is 25.9. The van der Waals surface area contributed by atoms with E-state index in [1.807, 2.05) is 13.8 Å². The van der Waals surface area contributed by atoms with E-state index >= 15 is 0 Å². The van der Waals surface area contributed by atoms with E-state index in [0.717, 1.165) is 9.80 Å². The Labute approximate surface area is 419 Å². The van der Waals surface area contributed by atoms with Crippen molar-refractivity contribution in [2.45, 2.75) is 174 Å². The normalized spacial score (nSPS) is 26.7. The largest absolute Gasteiger partial charge is 0.458 e. The molecule has 10 atom stereocenters.